The van der Waals surface area contributed by atoms with Gasteiger partial charge in [0.15, 0.2) is 11.8 Å². The lowest BCUT2D eigenvalue weighted by Gasteiger charge is -2.19. The summed E-state index contributed by atoms with van der Waals surface area (Å²) in [6.45, 7) is 1.54. The number of nitrogens with zero attached hydrogens (tertiary/aromatic N) is 3. The summed E-state index contributed by atoms with van der Waals surface area (Å²) in [5.41, 5.74) is 5.53. The fraction of sp³-hybridized carbons (Fsp3) is 0.368. The Balaban J connectivity index is 1.76. The summed E-state index contributed by atoms with van der Waals surface area (Å²) in [5.74, 6) is 0.0775. The van der Waals surface area contributed by atoms with E-state index in [9.17, 15) is 18.4 Å². The minimum absolute atomic E-state index is 0.00736. The Kier molecular flexibility index (Phi) is 5.24. The molecule has 0 radical (unpaired) electrons. The van der Waals surface area contributed by atoms with Crippen molar-refractivity contribution in [2.45, 2.75) is 32.0 Å². The largest absolute Gasteiger partial charge is 0.491 e. The number of imidazole rings is 1. The number of hydrogen-bond acceptors (Lipinski definition) is 7. The van der Waals surface area contributed by atoms with Gasteiger partial charge >= 0.3 is 0 Å². The first-order chi connectivity index (χ1) is 14.8. The summed E-state index contributed by atoms with van der Waals surface area (Å²) in [5, 5.41) is 2.78. The summed E-state index contributed by atoms with van der Waals surface area (Å²) in [4.78, 5) is 27.7. The van der Waals surface area contributed by atoms with Crippen molar-refractivity contribution in [3.63, 3.8) is 0 Å². The number of alkyl halides is 2. The molecule has 2 aliphatic heterocycles. The molecule has 2 aliphatic rings. The van der Waals surface area contributed by atoms with Crippen LogP contribution in [0, 0.1) is 5.82 Å². The van der Waals surface area contributed by atoms with Crippen molar-refractivity contribution in [3.8, 4) is 17.1 Å². The molecule has 31 heavy (non-hydrogen) atoms. The Labute approximate surface area is 174 Å². The fourth-order valence-electron chi connectivity index (χ4n) is 3.46. The number of ether oxygens (including phenoxy) is 2. The lowest BCUT2D eigenvalue weighted by Crippen LogP contribution is -2.36. The molecular weight excluding hydrogens is 419 g/mol. The number of benzene rings is 1. The first-order valence-electron chi connectivity index (χ1n) is 9.35. The van der Waals surface area contributed by atoms with E-state index >= 15 is 4.39 Å². The number of primary amides is 1. The van der Waals surface area contributed by atoms with E-state index in [1.54, 1.807) is 4.57 Å². The van der Waals surface area contributed by atoms with Crippen molar-refractivity contribution in [1.29, 1.82) is 0 Å². The van der Waals surface area contributed by atoms with E-state index in [4.69, 9.17) is 15.2 Å². The quantitative estimate of drug-likeness (QED) is 0.682. The molecule has 3 N–H and O–H groups in total. The molecule has 1 aromatic carbocycles. The highest BCUT2D eigenvalue weighted by Gasteiger charge is 2.40. The van der Waals surface area contributed by atoms with E-state index in [1.807, 2.05) is 0 Å². The van der Waals surface area contributed by atoms with Gasteiger partial charge in [0.2, 0.25) is 5.91 Å². The second-order valence-corrected chi connectivity index (χ2v) is 7.05. The zero-order valence-electron chi connectivity index (χ0n) is 16.3. The minimum Gasteiger partial charge on any atom is -0.491 e. The molecule has 1 fully saturated rings. The molecule has 4 rings (SSSR count). The Hall–Kier alpha value is -3.66. The van der Waals surface area contributed by atoms with Crippen LogP contribution in [0.1, 0.15) is 6.92 Å². The SMILES string of the molecule is C[C@H](Nc1cc(F)c2c(c1)OCCn1cc(N3C(=C=O)OC[C@H]3C(F)F)nc1-2)C(N)=O. The lowest BCUT2D eigenvalue weighted by atomic mass is 10.1. The number of aromatic nitrogens is 2. The van der Waals surface area contributed by atoms with Crippen LogP contribution in [0.4, 0.5) is 24.7 Å². The van der Waals surface area contributed by atoms with Crippen LogP contribution >= 0.6 is 0 Å². The number of nitrogens with two attached hydrogens (primary N) is 1. The van der Waals surface area contributed by atoms with Gasteiger partial charge in [-0.1, -0.05) is 0 Å². The van der Waals surface area contributed by atoms with Gasteiger partial charge in [0.1, 0.15) is 42.7 Å². The predicted molar refractivity (Wildman–Crippen MR) is 103 cm³/mol. The Morgan fingerprint density at radius 2 is 2.16 bits per heavy atom. The Morgan fingerprint density at radius 1 is 1.39 bits per heavy atom. The van der Waals surface area contributed by atoms with Crippen molar-refractivity contribution in [1.82, 2.24) is 9.55 Å². The van der Waals surface area contributed by atoms with Gasteiger partial charge < -0.3 is 25.1 Å². The van der Waals surface area contributed by atoms with Crippen LogP contribution in [0.15, 0.2) is 24.2 Å². The molecule has 164 valence electrons. The van der Waals surface area contributed by atoms with Crippen LogP contribution < -0.4 is 20.7 Å². The second-order valence-electron chi connectivity index (χ2n) is 7.05. The number of hydrogen-bond donors (Lipinski definition) is 2. The van der Waals surface area contributed by atoms with Gasteiger partial charge in [-0.15, -0.1) is 0 Å². The van der Waals surface area contributed by atoms with Gasteiger partial charge in [-0.05, 0) is 13.0 Å². The van der Waals surface area contributed by atoms with Crippen molar-refractivity contribution in [2.24, 2.45) is 5.73 Å². The zero-order chi connectivity index (χ0) is 22.3. The molecule has 0 spiro atoms. The number of halogens is 3. The summed E-state index contributed by atoms with van der Waals surface area (Å²) in [6, 6.07) is 0.493. The summed E-state index contributed by atoms with van der Waals surface area (Å²) in [7, 11) is 0. The van der Waals surface area contributed by atoms with Crippen molar-refractivity contribution >= 4 is 23.4 Å². The number of fused-ring (bicyclic) bond motifs is 3. The maximum Gasteiger partial charge on any atom is 0.284 e. The average Bonchev–Trinajstić information content (AvgIpc) is 3.27. The van der Waals surface area contributed by atoms with Crippen LogP contribution in [-0.2, 0) is 20.9 Å². The molecule has 0 bridgehead atoms. The normalized spacial score (nSPS) is 18.4. The smallest absolute Gasteiger partial charge is 0.284 e. The van der Waals surface area contributed by atoms with Gasteiger partial charge in [0, 0.05) is 18.0 Å². The predicted octanol–water partition coefficient (Wildman–Crippen LogP) is 1.51. The van der Waals surface area contributed by atoms with E-state index in [0.717, 1.165) is 11.0 Å². The van der Waals surface area contributed by atoms with Gasteiger partial charge in [0.05, 0.1) is 12.1 Å². The highest BCUT2D eigenvalue weighted by Crippen LogP contribution is 2.39. The number of carbonyl (C=O) groups excluding carboxylic acids is 2. The molecule has 1 amide bonds. The number of carbonyl (C=O) groups is 1. The van der Waals surface area contributed by atoms with Crippen LogP contribution in [0.2, 0.25) is 0 Å². The average molecular weight is 437 g/mol. The molecule has 2 atom stereocenters. The van der Waals surface area contributed by atoms with E-state index in [0.29, 0.717) is 0 Å². The fourth-order valence-corrected chi connectivity index (χ4v) is 3.46. The van der Waals surface area contributed by atoms with Crippen molar-refractivity contribution < 1.29 is 32.2 Å². The molecule has 1 saturated heterocycles. The summed E-state index contributed by atoms with van der Waals surface area (Å²) < 4.78 is 54.1. The number of nitrogens with one attached hydrogen (secondary N) is 1. The Morgan fingerprint density at radius 3 is 2.84 bits per heavy atom. The van der Waals surface area contributed by atoms with E-state index in [1.165, 1.54) is 25.1 Å². The second kappa shape index (κ2) is 7.88. The maximum atomic E-state index is 15.1. The van der Waals surface area contributed by atoms with Gasteiger partial charge in [-0.2, -0.15) is 0 Å². The third kappa shape index (κ3) is 3.66. The molecule has 0 aliphatic carbocycles. The van der Waals surface area contributed by atoms with Crippen molar-refractivity contribution in [2.75, 3.05) is 23.4 Å². The lowest BCUT2D eigenvalue weighted by molar-refractivity contribution is -0.118. The molecular formula is C19H18F3N5O4. The van der Waals surface area contributed by atoms with Crippen LogP contribution in [0.3, 0.4) is 0 Å². The van der Waals surface area contributed by atoms with E-state index in [-0.39, 0.29) is 41.8 Å². The third-order valence-corrected chi connectivity index (χ3v) is 5.01. The molecule has 2 aromatic rings. The first kappa shape index (κ1) is 20.6. The summed E-state index contributed by atoms with van der Waals surface area (Å²) in [6.07, 6.45) is -1.38. The third-order valence-electron chi connectivity index (χ3n) is 5.01. The van der Waals surface area contributed by atoms with Crippen molar-refractivity contribution in [3.05, 3.63) is 30.0 Å². The number of amides is 1. The van der Waals surface area contributed by atoms with Crippen LogP contribution in [0.5, 0.6) is 5.75 Å². The van der Waals surface area contributed by atoms with Gasteiger partial charge in [0.25, 0.3) is 12.3 Å². The molecule has 0 saturated carbocycles. The van der Waals surface area contributed by atoms with Crippen LogP contribution in [0.25, 0.3) is 11.4 Å². The monoisotopic (exact) mass is 437 g/mol. The number of rotatable bonds is 5. The highest BCUT2D eigenvalue weighted by atomic mass is 19.3. The molecule has 1 aromatic heterocycles. The highest BCUT2D eigenvalue weighted by molar-refractivity contribution is 5.83. The minimum atomic E-state index is -2.81. The molecule has 3 heterocycles. The molecule has 12 heteroatoms. The standard InChI is InChI=1S/C19H18F3N5O4/c1-9(18(23)29)24-10-4-11(20)16-13(5-10)30-3-2-26-6-14(25-19(16)26)27-12(17(21)22)8-31-15(27)7-28/h4-6,9,12,17,24H,2-3,8H2,1H3,(H2,23,29)/t9-,12-/m0/s1. The summed E-state index contributed by atoms with van der Waals surface area (Å²) >= 11 is 0. The van der Waals surface area contributed by atoms with Gasteiger partial charge in [-0.25, -0.2) is 22.9 Å². The zero-order valence-corrected chi connectivity index (χ0v) is 16.3. The van der Waals surface area contributed by atoms with E-state index in [2.05, 4.69) is 10.3 Å². The van der Waals surface area contributed by atoms with Crippen LogP contribution in [-0.4, -0.2) is 53.1 Å². The van der Waals surface area contributed by atoms with E-state index < -0.39 is 42.7 Å². The van der Waals surface area contributed by atoms with Gasteiger partial charge in [-0.3, -0.25) is 9.69 Å². The first-order valence-corrected chi connectivity index (χ1v) is 9.35. The topological polar surface area (TPSA) is 112 Å². The Bertz CT molecular complexity index is 1080. The molecule has 9 nitrogen and oxygen atoms in total. The molecule has 0 unspecified atom stereocenters. The maximum absolute atomic E-state index is 15.1. The number of anilines is 2.